The van der Waals surface area contributed by atoms with Gasteiger partial charge in [0.25, 0.3) is 0 Å². The third kappa shape index (κ3) is 2.04. The van der Waals surface area contributed by atoms with Crippen LogP contribution in [0.25, 0.3) is 0 Å². The van der Waals surface area contributed by atoms with E-state index >= 15 is 0 Å². The standard InChI is InChI=1S/C20H20N2/c21-14-22-19-18-8-4-3-7-17(18)13-20(19)11-9-15-5-1-2-6-16(15)10-12-20/h1-8,15-16H,9-13H2/b22-19-. The maximum Gasteiger partial charge on any atom is 0.205 e. The van der Waals surface area contributed by atoms with Crippen LogP contribution >= 0.6 is 0 Å². The predicted molar refractivity (Wildman–Crippen MR) is 88.5 cm³/mol. The second kappa shape index (κ2) is 5.25. The van der Waals surface area contributed by atoms with Crippen molar-refractivity contribution in [3.63, 3.8) is 0 Å². The number of rotatable bonds is 0. The first kappa shape index (κ1) is 13.5. The Morgan fingerprint density at radius 1 is 1.05 bits per heavy atom. The summed E-state index contributed by atoms with van der Waals surface area (Å²) in [5, 5.41) is 9.18. The van der Waals surface area contributed by atoms with E-state index in [2.05, 4.69) is 59.8 Å². The van der Waals surface area contributed by atoms with Crippen LogP contribution in [0.5, 0.6) is 0 Å². The van der Waals surface area contributed by atoms with E-state index in [1.165, 1.54) is 24.0 Å². The van der Waals surface area contributed by atoms with Gasteiger partial charge in [-0.1, -0.05) is 48.6 Å². The highest BCUT2D eigenvalue weighted by molar-refractivity contribution is 6.09. The van der Waals surface area contributed by atoms with E-state index in [9.17, 15) is 5.26 Å². The fourth-order valence-electron chi connectivity index (χ4n) is 4.61. The number of nitrogens with zero attached hydrogens (tertiary/aromatic N) is 2. The lowest BCUT2D eigenvalue weighted by Gasteiger charge is -2.28. The van der Waals surface area contributed by atoms with Crippen LogP contribution in [-0.4, -0.2) is 5.71 Å². The first-order chi connectivity index (χ1) is 10.8. The van der Waals surface area contributed by atoms with E-state index in [1.54, 1.807) is 0 Å². The summed E-state index contributed by atoms with van der Waals surface area (Å²) in [7, 11) is 0. The molecule has 2 atom stereocenters. The molecule has 2 nitrogen and oxygen atoms in total. The van der Waals surface area contributed by atoms with Crippen molar-refractivity contribution >= 4 is 5.71 Å². The SMILES string of the molecule is N#C/N=C1/c2ccccc2CC12CCC1C=CC=CC1CC2. The number of allylic oxidation sites excluding steroid dienone is 4. The molecule has 4 rings (SSSR count). The van der Waals surface area contributed by atoms with Crippen molar-refractivity contribution in [3.05, 3.63) is 59.7 Å². The average Bonchev–Trinajstić information content (AvgIpc) is 2.73. The van der Waals surface area contributed by atoms with Crippen LogP contribution in [0.4, 0.5) is 0 Å². The third-order valence-electron chi connectivity index (χ3n) is 5.76. The molecule has 2 heteroatoms. The van der Waals surface area contributed by atoms with Gasteiger partial charge >= 0.3 is 0 Å². The van der Waals surface area contributed by atoms with Gasteiger partial charge in [-0.25, -0.2) is 0 Å². The minimum absolute atomic E-state index is 0.0818. The van der Waals surface area contributed by atoms with Gasteiger partial charge < -0.3 is 0 Å². The van der Waals surface area contributed by atoms with Gasteiger partial charge in [0.15, 0.2) is 0 Å². The van der Waals surface area contributed by atoms with Crippen LogP contribution in [0.2, 0.25) is 0 Å². The minimum Gasteiger partial charge on any atom is -0.177 e. The van der Waals surface area contributed by atoms with Gasteiger partial charge in [0, 0.05) is 11.0 Å². The molecular weight excluding hydrogens is 268 g/mol. The zero-order valence-corrected chi connectivity index (χ0v) is 12.7. The largest absolute Gasteiger partial charge is 0.205 e. The second-order valence-electron chi connectivity index (χ2n) is 6.85. The molecule has 2 unspecified atom stereocenters. The fraction of sp³-hybridized carbons (Fsp3) is 0.400. The van der Waals surface area contributed by atoms with Gasteiger partial charge in [-0.05, 0) is 49.5 Å². The first-order valence-corrected chi connectivity index (χ1v) is 8.23. The number of benzene rings is 1. The van der Waals surface area contributed by atoms with E-state index in [-0.39, 0.29) is 5.41 Å². The summed E-state index contributed by atoms with van der Waals surface area (Å²) >= 11 is 0. The molecule has 3 aliphatic carbocycles. The third-order valence-corrected chi connectivity index (χ3v) is 5.76. The van der Waals surface area contributed by atoms with Crippen molar-refractivity contribution in [1.82, 2.24) is 0 Å². The summed E-state index contributed by atoms with van der Waals surface area (Å²) in [6.07, 6.45) is 16.9. The Kier molecular flexibility index (Phi) is 3.22. The highest BCUT2D eigenvalue weighted by atomic mass is 14.8. The molecule has 1 aromatic rings. The molecule has 1 saturated carbocycles. The molecule has 0 N–H and O–H groups in total. The Bertz CT molecular complexity index is 695. The summed E-state index contributed by atoms with van der Waals surface area (Å²) in [6, 6.07) is 8.50. The van der Waals surface area contributed by atoms with Crippen LogP contribution in [-0.2, 0) is 6.42 Å². The van der Waals surface area contributed by atoms with Crippen molar-refractivity contribution in [3.8, 4) is 6.19 Å². The van der Waals surface area contributed by atoms with E-state index in [0.717, 1.165) is 25.0 Å². The molecule has 0 saturated heterocycles. The van der Waals surface area contributed by atoms with Crippen LogP contribution in [0.15, 0.2) is 53.6 Å². The summed E-state index contributed by atoms with van der Waals surface area (Å²) in [5.74, 6) is 1.33. The second-order valence-corrected chi connectivity index (χ2v) is 6.85. The van der Waals surface area contributed by atoms with E-state index < -0.39 is 0 Å². The molecule has 0 aliphatic heterocycles. The van der Waals surface area contributed by atoms with Crippen molar-refractivity contribution in [2.45, 2.75) is 32.1 Å². The van der Waals surface area contributed by atoms with Crippen molar-refractivity contribution in [2.24, 2.45) is 22.2 Å². The van der Waals surface area contributed by atoms with E-state index in [0.29, 0.717) is 11.8 Å². The number of hydrogen-bond donors (Lipinski definition) is 0. The van der Waals surface area contributed by atoms with Crippen molar-refractivity contribution < 1.29 is 0 Å². The molecule has 110 valence electrons. The van der Waals surface area contributed by atoms with Crippen molar-refractivity contribution in [2.75, 3.05) is 0 Å². The number of fused-ring (bicyclic) bond motifs is 2. The summed E-state index contributed by atoms with van der Waals surface area (Å²) < 4.78 is 0. The molecular formula is C20H20N2. The fourth-order valence-corrected chi connectivity index (χ4v) is 4.61. The topological polar surface area (TPSA) is 36.1 Å². The smallest absolute Gasteiger partial charge is 0.177 e. The molecule has 3 aliphatic rings. The van der Waals surface area contributed by atoms with Gasteiger partial charge in [-0.2, -0.15) is 10.3 Å². The molecule has 22 heavy (non-hydrogen) atoms. The van der Waals surface area contributed by atoms with Gasteiger partial charge in [0.1, 0.15) is 0 Å². The Balaban J connectivity index is 1.72. The van der Waals surface area contributed by atoms with E-state index in [1.807, 2.05) is 0 Å². The first-order valence-electron chi connectivity index (χ1n) is 8.23. The Hall–Kier alpha value is -2.14. The van der Waals surface area contributed by atoms with Gasteiger partial charge in [0.2, 0.25) is 6.19 Å². The zero-order chi connectivity index (χ0) is 15.0. The van der Waals surface area contributed by atoms with Crippen LogP contribution in [0, 0.1) is 28.7 Å². The maximum atomic E-state index is 9.18. The Morgan fingerprint density at radius 3 is 2.41 bits per heavy atom. The summed E-state index contributed by atoms with van der Waals surface area (Å²) in [4.78, 5) is 4.29. The lowest BCUT2D eigenvalue weighted by Crippen LogP contribution is -2.28. The molecule has 0 aromatic heterocycles. The molecule has 0 heterocycles. The quantitative estimate of drug-likeness (QED) is 0.650. The Morgan fingerprint density at radius 2 is 1.73 bits per heavy atom. The van der Waals surface area contributed by atoms with Crippen molar-refractivity contribution in [1.29, 1.82) is 5.26 Å². The molecule has 1 aromatic carbocycles. The molecule has 1 fully saturated rings. The van der Waals surface area contributed by atoms with Gasteiger partial charge in [0.05, 0.1) is 5.71 Å². The highest BCUT2D eigenvalue weighted by Crippen LogP contribution is 2.49. The molecule has 0 radical (unpaired) electrons. The number of hydrogen-bond acceptors (Lipinski definition) is 2. The average molecular weight is 288 g/mol. The maximum absolute atomic E-state index is 9.18. The predicted octanol–water partition coefficient (Wildman–Crippen LogP) is 4.43. The van der Waals surface area contributed by atoms with Gasteiger partial charge in [-0.15, -0.1) is 0 Å². The summed E-state index contributed by atoms with van der Waals surface area (Å²) in [6.45, 7) is 0. The van der Waals surface area contributed by atoms with E-state index in [4.69, 9.17) is 0 Å². The minimum atomic E-state index is 0.0818. The van der Waals surface area contributed by atoms with Crippen LogP contribution < -0.4 is 0 Å². The lowest BCUT2D eigenvalue weighted by atomic mass is 9.76. The lowest BCUT2D eigenvalue weighted by molar-refractivity contribution is 0.368. The summed E-state index contributed by atoms with van der Waals surface area (Å²) in [5.41, 5.74) is 3.71. The van der Waals surface area contributed by atoms with Gasteiger partial charge in [-0.3, -0.25) is 0 Å². The highest BCUT2D eigenvalue weighted by Gasteiger charge is 2.45. The number of aliphatic imine (C=N–C) groups is 1. The van der Waals surface area contributed by atoms with Crippen LogP contribution in [0.1, 0.15) is 36.8 Å². The monoisotopic (exact) mass is 288 g/mol. The molecule has 0 amide bonds. The normalized spacial score (nSPS) is 34.2. The molecule has 1 spiro atoms. The molecule has 0 bridgehead atoms. The Labute approximate surface area is 131 Å². The zero-order valence-electron chi connectivity index (χ0n) is 12.7. The van der Waals surface area contributed by atoms with Crippen LogP contribution in [0.3, 0.4) is 0 Å². The number of nitriles is 1.